The molecule has 2 rings (SSSR count). The fraction of sp³-hybridized carbons (Fsp3) is 0.125. The van der Waals surface area contributed by atoms with Gasteiger partial charge in [0.15, 0.2) is 0 Å². The molecular formula is C16H16ClN3O2S. The largest absolute Gasteiger partial charge is 0.366 e. The van der Waals surface area contributed by atoms with Crippen LogP contribution in [0.1, 0.15) is 28.9 Å². The number of hydrogen-bond donors (Lipinski definition) is 3. The number of thiol groups is 1. The number of nitrogens with zero attached hydrogens (tertiary/aromatic N) is 1. The second kappa shape index (κ2) is 7.39. The molecule has 3 amide bonds. The number of halogens is 1. The fourth-order valence-electron chi connectivity index (χ4n) is 1.97. The molecule has 2 aromatic carbocycles. The van der Waals surface area contributed by atoms with E-state index in [1.54, 1.807) is 24.3 Å². The molecule has 5 nitrogen and oxygen atoms in total. The van der Waals surface area contributed by atoms with E-state index in [0.29, 0.717) is 16.3 Å². The van der Waals surface area contributed by atoms with Crippen LogP contribution in [0, 0.1) is 0 Å². The molecule has 0 heterocycles. The lowest BCUT2D eigenvalue weighted by molar-refractivity contribution is 0.100. The van der Waals surface area contributed by atoms with Crippen LogP contribution in [0.15, 0.2) is 48.5 Å². The van der Waals surface area contributed by atoms with Crippen molar-refractivity contribution in [3.05, 3.63) is 64.7 Å². The van der Waals surface area contributed by atoms with E-state index in [4.69, 9.17) is 17.3 Å². The van der Waals surface area contributed by atoms with Gasteiger partial charge >= 0.3 is 6.03 Å². The van der Waals surface area contributed by atoms with E-state index in [1.165, 1.54) is 12.1 Å². The molecule has 0 aliphatic rings. The molecular weight excluding hydrogens is 334 g/mol. The highest BCUT2D eigenvalue weighted by molar-refractivity contribution is 7.82. The summed E-state index contributed by atoms with van der Waals surface area (Å²) < 4.78 is 1.16. The second-order valence-electron chi connectivity index (χ2n) is 4.95. The monoisotopic (exact) mass is 349 g/mol. The summed E-state index contributed by atoms with van der Waals surface area (Å²) in [6, 6.07) is 12.9. The van der Waals surface area contributed by atoms with E-state index >= 15 is 0 Å². The average molecular weight is 350 g/mol. The van der Waals surface area contributed by atoms with Crippen LogP contribution in [0.25, 0.3) is 0 Å². The summed E-state index contributed by atoms with van der Waals surface area (Å²) in [6.07, 6.45) is 0. The average Bonchev–Trinajstić information content (AvgIpc) is 2.54. The summed E-state index contributed by atoms with van der Waals surface area (Å²) in [5.41, 5.74) is 7.00. The zero-order valence-corrected chi connectivity index (χ0v) is 14.0. The van der Waals surface area contributed by atoms with Crippen molar-refractivity contribution in [3.63, 3.8) is 0 Å². The summed E-state index contributed by atoms with van der Waals surface area (Å²) in [7, 11) is 0. The highest BCUT2D eigenvalue weighted by Gasteiger charge is 2.16. The third-order valence-corrected chi connectivity index (χ3v) is 3.96. The van der Waals surface area contributed by atoms with Crippen LogP contribution in [0.5, 0.6) is 0 Å². The minimum Gasteiger partial charge on any atom is -0.366 e. The molecule has 23 heavy (non-hydrogen) atoms. The van der Waals surface area contributed by atoms with Crippen molar-refractivity contribution >= 4 is 42.0 Å². The smallest absolute Gasteiger partial charge is 0.332 e. The maximum atomic E-state index is 12.2. The summed E-state index contributed by atoms with van der Waals surface area (Å²) in [4.78, 5) is 23.3. The number of nitrogens with two attached hydrogens (primary N) is 1. The van der Waals surface area contributed by atoms with E-state index in [0.717, 1.165) is 9.87 Å². The molecule has 0 spiro atoms. The molecule has 1 atom stereocenters. The molecule has 2 aromatic rings. The molecule has 0 saturated carbocycles. The van der Waals surface area contributed by atoms with Gasteiger partial charge in [-0.3, -0.25) is 4.79 Å². The summed E-state index contributed by atoms with van der Waals surface area (Å²) in [6.45, 7) is 1.86. The van der Waals surface area contributed by atoms with Crippen molar-refractivity contribution < 1.29 is 9.59 Å². The van der Waals surface area contributed by atoms with Crippen LogP contribution >= 0.6 is 24.4 Å². The number of carbonyl (C=O) groups is 2. The van der Waals surface area contributed by atoms with Gasteiger partial charge in [0.1, 0.15) is 0 Å². The van der Waals surface area contributed by atoms with Gasteiger partial charge in [0.25, 0.3) is 0 Å². The number of carbonyl (C=O) groups excluding carboxylic acids is 2. The van der Waals surface area contributed by atoms with Crippen LogP contribution < -0.4 is 15.4 Å². The van der Waals surface area contributed by atoms with Crippen LogP contribution in [0.4, 0.5) is 10.5 Å². The Hall–Kier alpha value is -2.18. The van der Waals surface area contributed by atoms with Crippen LogP contribution in [-0.4, -0.2) is 11.9 Å². The number of hydrogen-bond acceptors (Lipinski definition) is 3. The Bertz CT molecular complexity index is 704. The first kappa shape index (κ1) is 17.2. The van der Waals surface area contributed by atoms with E-state index in [1.807, 2.05) is 19.1 Å². The van der Waals surface area contributed by atoms with E-state index in [-0.39, 0.29) is 12.1 Å². The minimum absolute atomic E-state index is 0.209. The lowest BCUT2D eigenvalue weighted by Gasteiger charge is -2.20. The highest BCUT2D eigenvalue weighted by Crippen LogP contribution is 2.20. The van der Waals surface area contributed by atoms with E-state index < -0.39 is 5.91 Å². The molecule has 0 saturated heterocycles. The second-order valence-corrected chi connectivity index (χ2v) is 5.78. The molecule has 0 bridgehead atoms. The summed E-state index contributed by atoms with van der Waals surface area (Å²) in [5, 5.41) is 3.46. The van der Waals surface area contributed by atoms with Crippen LogP contribution in [0.2, 0.25) is 5.02 Å². The first-order valence-corrected chi connectivity index (χ1v) is 7.61. The first-order valence-electron chi connectivity index (χ1n) is 6.83. The topological polar surface area (TPSA) is 75.4 Å². The number of urea groups is 1. The van der Waals surface area contributed by atoms with Crippen molar-refractivity contribution in [2.24, 2.45) is 5.73 Å². The molecule has 0 aliphatic heterocycles. The quantitative estimate of drug-likeness (QED) is 0.738. The Labute approximate surface area is 145 Å². The van der Waals surface area contributed by atoms with Gasteiger partial charge in [0, 0.05) is 10.6 Å². The maximum absolute atomic E-state index is 12.2. The van der Waals surface area contributed by atoms with Gasteiger partial charge in [-0.25, -0.2) is 9.10 Å². The van der Waals surface area contributed by atoms with E-state index in [9.17, 15) is 9.59 Å². The molecule has 0 fully saturated rings. The SMILES string of the molecule is C[C@@H](NC(=O)N(S)c1ccc(C(N)=O)cc1)c1ccc(Cl)cc1. The summed E-state index contributed by atoms with van der Waals surface area (Å²) in [5.74, 6) is -0.525. The zero-order chi connectivity index (χ0) is 17.0. The van der Waals surface area contributed by atoms with Crippen molar-refractivity contribution in [1.29, 1.82) is 0 Å². The van der Waals surface area contributed by atoms with E-state index in [2.05, 4.69) is 18.1 Å². The minimum atomic E-state index is -0.525. The van der Waals surface area contributed by atoms with Crippen molar-refractivity contribution in [1.82, 2.24) is 5.32 Å². The molecule has 7 heteroatoms. The van der Waals surface area contributed by atoms with Crippen molar-refractivity contribution in [3.8, 4) is 0 Å². The molecule has 0 aromatic heterocycles. The van der Waals surface area contributed by atoms with Gasteiger partial charge in [0.05, 0.1) is 11.7 Å². The fourth-order valence-corrected chi connectivity index (χ4v) is 2.28. The number of anilines is 1. The molecule has 3 N–H and O–H groups in total. The van der Waals surface area contributed by atoms with Gasteiger partial charge in [-0.05, 0) is 48.9 Å². The Morgan fingerprint density at radius 3 is 2.22 bits per heavy atom. The Morgan fingerprint density at radius 2 is 1.70 bits per heavy atom. The van der Waals surface area contributed by atoms with Crippen LogP contribution in [-0.2, 0) is 0 Å². The van der Waals surface area contributed by atoms with Crippen molar-refractivity contribution in [2.75, 3.05) is 4.31 Å². The van der Waals surface area contributed by atoms with Gasteiger partial charge in [0.2, 0.25) is 5.91 Å². The highest BCUT2D eigenvalue weighted by atomic mass is 35.5. The number of amides is 3. The zero-order valence-electron chi connectivity index (χ0n) is 12.4. The Morgan fingerprint density at radius 1 is 1.13 bits per heavy atom. The number of primary amides is 1. The third kappa shape index (κ3) is 4.40. The van der Waals surface area contributed by atoms with Gasteiger partial charge in [-0.1, -0.05) is 36.5 Å². The lowest BCUT2D eigenvalue weighted by atomic mass is 10.1. The lowest BCUT2D eigenvalue weighted by Crippen LogP contribution is -2.35. The molecule has 0 unspecified atom stereocenters. The van der Waals surface area contributed by atoms with Crippen LogP contribution in [0.3, 0.4) is 0 Å². The molecule has 0 aliphatic carbocycles. The predicted molar refractivity (Wildman–Crippen MR) is 94.8 cm³/mol. The molecule has 120 valence electrons. The number of rotatable bonds is 4. The maximum Gasteiger partial charge on any atom is 0.332 e. The number of benzene rings is 2. The summed E-state index contributed by atoms with van der Waals surface area (Å²) >= 11 is 10.0. The van der Waals surface area contributed by atoms with Gasteiger partial charge in [-0.15, -0.1) is 0 Å². The molecule has 0 radical (unpaired) electrons. The van der Waals surface area contributed by atoms with Gasteiger partial charge < -0.3 is 11.1 Å². The Kier molecular flexibility index (Phi) is 5.52. The Balaban J connectivity index is 2.04. The van der Waals surface area contributed by atoms with Crippen molar-refractivity contribution in [2.45, 2.75) is 13.0 Å². The number of nitrogens with one attached hydrogen (secondary N) is 1. The standard InChI is InChI=1S/C16H16ClN3O2S/c1-10(11-2-6-13(17)7-3-11)19-16(22)20(23)14-8-4-12(5-9-14)15(18)21/h2-10,23H,1H3,(H2,18,21)(H,19,22)/t10-/m1/s1. The normalized spacial score (nSPS) is 11.6. The third-order valence-electron chi connectivity index (χ3n) is 3.30. The van der Waals surface area contributed by atoms with Gasteiger partial charge in [-0.2, -0.15) is 0 Å². The predicted octanol–water partition coefficient (Wildman–Crippen LogP) is 3.56. The first-order chi connectivity index (χ1) is 10.9.